The van der Waals surface area contributed by atoms with Crippen molar-refractivity contribution in [1.82, 2.24) is 19.4 Å². The second-order valence-corrected chi connectivity index (χ2v) is 10.4. The van der Waals surface area contributed by atoms with Gasteiger partial charge in [-0.25, -0.2) is 12.8 Å². The van der Waals surface area contributed by atoms with Gasteiger partial charge in [0.2, 0.25) is 21.1 Å². The Bertz CT molecular complexity index is 1190. The molecule has 2 aromatic carbocycles. The van der Waals surface area contributed by atoms with Crippen LogP contribution in [0, 0.1) is 12.7 Å². The molecule has 3 aromatic rings. The van der Waals surface area contributed by atoms with Crippen molar-refractivity contribution in [1.29, 1.82) is 0 Å². The fraction of sp³-hybridized carbons (Fsp3) is 0.286. The van der Waals surface area contributed by atoms with Gasteiger partial charge in [-0.3, -0.25) is 15.0 Å². The molecule has 1 saturated heterocycles. The zero-order valence-electron chi connectivity index (χ0n) is 17.4. The first-order chi connectivity index (χ1) is 15.3. The number of carbonyl (C=O) groups excluding carboxylic acids is 1. The number of rotatable bonds is 6. The number of sulfonamides is 1. The van der Waals surface area contributed by atoms with E-state index in [4.69, 9.17) is 0 Å². The van der Waals surface area contributed by atoms with Gasteiger partial charge in [0.25, 0.3) is 0 Å². The summed E-state index contributed by atoms with van der Waals surface area (Å²) in [6.45, 7) is 3.47. The summed E-state index contributed by atoms with van der Waals surface area (Å²) in [4.78, 5) is 14.4. The average Bonchev–Trinajstić information content (AvgIpc) is 3.23. The lowest BCUT2D eigenvalue weighted by Crippen LogP contribution is -2.50. The van der Waals surface area contributed by atoms with Crippen molar-refractivity contribution >= 4 is 32.4 Å². The topological polar surface area (TPSA) is 95.5 Å². The lowest BCUT2D eigenvalue weighted by Gasteiger charge is -2.33. The third-order valence-electron chi connectivity index (χ3n) is 5.12. The van der Waals surface area contributed by atoms with E-state index in [2.05, 4.69) is 15.5 Å². The van der Waals surface area contributed by atoms with E-state index in [-0.39, 0.29) is 30.4 Å². The molecular weight excluding hydrogens is 453 g/mol. The number of piperazine rings is 1. The molecule has 2 heterocycles. The minimum absolute atomic E-state index is 0.0609. The Labute approximate surface area is 189 Å². The number of halogens is 1. The van der Waals surface area contributed by atoms with E-state index in [0.29, 0.717) is 18.2 Å². The molecule has 0 radical (unpaired) electrons. The predicted octanol–water partition coefficient (Wildman–Crippen LogP) is 2.60. The number of hydrogen-bond acceptors (Lipinski definition) is 7. The van der Waals surface area contributed by atoms with Crippen LogP contribution in [0.15, 0.2) is 53.4 Å². The number of hydrogen-bond donors (Lipinski definition) is 1. The van der Waals surface area contributed by atoms with Gasteiger partial charge in [-0.05, 0) is 31.2 Å². The molecule has 0 unspecified atom stereocenters. The van der Waals surface area contributed by atoms with Gasteiger partial charge in [0.05, 0.1) is 11.4 Å². The van der Waals surface area contributed by atoms with Crippen LogP contribution >= 0.6 is 11.3 Å². The first-order valence-electron chi connectivity index (χ1n) is 10.00. The molecule has 0 atom stereocenters. The Balaban J connectivity index is 1.29. The van der Waals surface area contributed by atoms with Crippen molar-refractivity contribution in [3.05, 3.63) is 59.9 Å². The Kier molecular flexibility index (Phi) is 6.60. The molecule has 8 nitrogen and oxygen atoms in total. The number of nitrogens with zero attached hydrogens (tertiary/aromatic N) is 4. The summed E-state index contributed by atoms with van der Waals surface area (Å²) in [5.41, 5.74) is 2.09. The number of aromatic nitrogens is 2. The molecule has 4 rings (SSSR count). The first kappa shape index (κ1) is 22.5. The second kappa shape index (κ2) is 9.41. The van der Waals surface area contributed by atoms with Crippen molar-refractivity contribution in [2.24, 2.45) is 0 Å². The molecule has 168 valence electrons. The highest BCUT2D eigenvalue weighted by atomic mass is 32.2. The van der Waals surface area contributed by atoms with Crippen LogP contribution in [0.2, 0.25) is 0 Å². The number of amides is 1. The van der Waals surface area contributed by atoms with Gasteiger partial charge >= 0.3 is 0 Å². The Morgan fingerprint density at radius 3 is 2.34 bits per heavy atom. The molecule has 11 heteroatoms. The minimum Gasteiger partial charge on any atom is -0.299 e. The molecule has 32 heavy (non-hydrogen) atoms. The van der Waals surface area contributed by atoms with E-state index >= 15 is 0 Å². The molecule has 0 spiro atoms. The molecule has 1 aliphatic rings. The molecular formula is C21H22FN5O3S2. The number of carbonyl (C=O) groups is 1. The lowest BCUT2D eigenvalue weighted by molar-refractivity contribution is -0.117. The van der Waals surface area contributed by atoms with Crippen LogP contribution in [0.3, 0.4) is 0 Å². The Hall–Kier alpha value is -2.73. The number of anilines is 1. The van der Waals surface area contributed by atoms with E-state index < -0.39 is 15.8 Å². The smallest absolute Gasteiger partial charge is 0.243 e. The van der Waals surface area contributed by atoms with Crippen LogP contribution in [-0.2, 0) is 14.8 Å². The highest BCUT2D eigenvalue weighted by Crippen LogP contribution is 2.26. The van der Waals surface area contributed by atoms with E-state index in [1.54, 1.807) is 0 Å². The number of aryl methyl sites for hydroxylation is 1. The summed E-state index contributed by atoms with van der Waals surface area (Å²) >= 11 is 1.30. The third kappa shape index (κ3) is 5.18. The standard InChI is InChI=1S/C21H22FN5O3S2/c1-15-2-4-16(5-3-15)20-24-25-21(31-20)23-19(28)14-26-10-12-27(13-11-26)32(29,30)18-8-6-17(22)7-9-18/h2-9H,10-14H2,1H3,(H,23,25,28). The fourth-order valence-electron chi connectivity index (χ4n) is 3.33. The maximum absolute atomic E-state index is 13.1. The molecule has 1 fully saturated rings. The van der Waals surface area contributed by atoms with Crippen LogP contribution in [0.4, 0.5) is 9.52 Å². The molecule has 0 saturated carbocycles. The van der Waals surface area contributed by atoms with Crippen LogP contribution < -0.4 is 5.32 Å². The largest absolute Gasteiger partial charge is 0.299 e. The van der Waals surface area contributed by atoms with Gasteiger partial charge in [-0.2, -0.15) is 4.31 Å². The molecule has 0 aliphatic carbocycles. The normalized spacial score (nSPS) is 15.6. The van der Waals surface area contributed by atoms with Crippen LogP contribution in [0.1, 0.15) is 5.56 Å². The van der Waals surface area contributed by atoms with E-state index in [0.717, 1.165) is 28.3 Å². The van der Waals surface area contributed by atoms with Gasteiger partial charge in [0.15, 0.2) is 0 Å². The van der Waals surface area contributed by atoms with Gasteiger partial charge < -0.3 is 0 Å². The monoisotopic (exact) mass is 475 g/mol. The van der Waals surface area contributed by atoms with Crippen LogP contribution in [0.5, 0.6) is 0 Å². The summed E-state index contributed by atoms with van der Waals surface area (Å²) in [5, 5.41) is 12.1. The van der Waals surface area contributed by atoms with Gasteiger partial charge in [-0.1, -0.05) is 41.2 Å². The van der Waals surface area contributed by atoms with Gasteiger partial charge in [0, 0.05) is 31.7 Å². The molecule has 1 aromatic heterocycles. The molecule has 1 amide bonds. The second-order valence-electron chi connectivity index (χ2n) is 7.46. The lowest BCUT2D eigenvalue weighted by atomic mass is 10.2. The quantitative estimate of drug-likeness (QED) is 0.589. The third-order valence-corrected chi connectivity index (χ3v) is 7.92. The van der Waals surface area contributed by atoms with E-state index in [9.17, 15) is 17.6 Å². The molecule has 1 aliphatic heterocycles. The summed E-state index contributed by atoms with van der Waals surface area (Å²) in [7, 11) is -3.68. The van der Waals surface area contributed by atoms with Crippen LogP contribution in [-0.4, -0.2) is 66.5 Å². The van der Waals surface area contributed by atoms with Crippen LogP contribution in [0.25, 0.3) is 10.6 Å². The average molecular weight is 476 g/mol. The summed E-state index contributed by atoms with van der Waals surface area (Å²) in [5.74, 6) is -0.715. The van der Waals surface area contributed by atoms with Crippen molar-refractivity contribution in [3.8, 4) is 10.6 Å². The van der Waals surface area contributed by atoms with Crippen molar-refractivity contribution < 1.29 is 17.6 Å². The van der Waals surface area contributed by atoms with Crippen molar-refractivity contribution in [3.63, 3.8) is 0 Å². The summed E-state index contributed by atoms with van der Waals surface area (Å²) in [6.07, 6.45) is 0. The highest BCUT2D eigenvalue weighted by molar-refractivity contribution is 7.89. The van der Waals surface area contributed by atoms with E-state index in [1.165, 1.54) is 27.8 Å². The zero-order valence-corrected chi connectivity index (χ0v) is 19.0. The van der Waals surface area contributed by atoms with E-state index in [1.807, 2.05) is 36.1 Å². The minimum atomic E-state index is -3.68. The number of nitrogens with one attached hydrogen (secondary N) is 1. The SMILES string of the molecule is Cc1ccc(-c2nnc(NC(=O)CN3CCN(S(=O)(=O)c4ccc(F)cc4)CC3)s2)cc1. The van der Waals surface area contributed by atoms with Gasteiger partial charge in [0.1, 0.15) is 10.8 Å². The van der Waals surface area contributed by atoms with Crippen molar-refractivity contribution in [2.75, 3.05) is 38.0 Å². The van der Waals surface area contributed by atoms with Crippen molar-refractivity contribution in [2.45, 2.75) is 11.8 Å². The molecule has 1 N–H and O–H groups in total. The Morgan fingerprint density at radius 2 is 1.69 bits per heavy atom. The Morgan fingerprint density at radius 1 is 1.03 bits per heavy atom. The number of benzene rings is 2. The maximum atomic E-state index is 13.1. The summed E-state index contributed by atoms with van der Waals surface area (Å²) < 4.78 is 39.8. The molecule has 0 bridgehead atoms. The zero-order chi connectivity index (χ0) is 22.7. The predicted molar refractivity (Wildman–Crippen MR) is 120 cm³/mol. The maximum Gasteiger partial charge on any atom is 0.243 e. The first-order valence-corrected chi connectivity index (χ1v) is 12.3. The highest BCUT2D eigenvalue weighted by Gasteiger charge is 2.29. The van der Waals surface area contributed by atoms with Gasteiger partial charge in [-0.15, -0.1) is 10.2 Å². The fourth-order valence-corrected chi connectivity index (χ4v) is 5.52. The summed E-state index contributed by atoms with van der Waals surface area (Å²) in [6, 6.07) is 12.7.